The summed E-state index contributed by atoms with van der Waals surface area (Å²) in [5, 5.41) is 9.39. The van der Waals surface area contributed by atoms with Gasteiger partial charge in [-0.3, -0.25) is 4.79 Å². The number of imidazole rings is 1. The molecule has 1 aliphatic rings. The molecule has 25 heavy (non-hydrogen) atoms. The highest BCUT2D eigenvalue weighted by Gasteiger charge is 2.21. The maximum absolute atomic E-state index is 11.7. The van der Waals surface area contributed by atoms with Crippen LogP contribution >= 0.6 is 0 Å². The maximum Gasteiger partial charge on any atom is 0.250 e. The van der Waals surface area contributed by atoms with Gasteiger partial charge in [-0.2, -0.15) is 0 Å². The van der Waals surface area contributed by atoms with E-state index in [4.69, 9.17) is 9.72 Å². The average Bonchev–Trinajstić information content (AvgIpc) is 3.25. The molecule has 6 nitrogen and oxygen atoms in total. The van der Waals surface area contributed by atoms with Gasteiger partial charge in [0.1, 0.15) is 5.82 Å². The Bertz CT molecular complexity index is 968. The van der Waals surface area contributed by atoms with E-state index in [1.165, 1.54) is 0 Å². The summed E-state index contributed by atoms with van der Waals surface area (Å²) in [5.41, 5.74) is 4.11. The molecule has 0 unspecified atom stereocenters. The summed E-state index contributed by atoms with van der Waals surface area (Å²) in [6.45, 7) is 3.31. The number of hydrogen-bond donors (Lipinski definition) is 2. The highest BCUT2D eigenvalue weighted by molar-refractivity contribution is 5.81. The van der Waals surface area contributed by atoms with E-state index in [1.54, 1.807) is 13.1 Å². The molecule has 6 heteroatoms. The second kappa shape index (κ2) is 6.46. The van der Waals surface area contributed by atoms with E-state index in [0.29, 0.717) is 5.56 Å². The molecule has 3 aromatic rings. The van der Waals surface area contributed by atoms with Crippen LogP contribution in [0.25, 0.3) is 22.4 Å². The van der Waals surface area contributed by atoms with Crippen LogP contribution in [0.5, 0.6) is 0 Å². The fourth-order valence-electron chi connectivity index (χ4n) is 3.40. The van der Waals surface area contributed by atoms with Crippen molar-refractivity contribution in [3.8, 4) is 11.4 Å². The van der Waals surface area contributed by atoms with Gasteiger partial charge >= 0.3 is 0 Å². The van der Waals surface area contributed by atoms with Gasteiger partial charge in [-0.05, 0) is 43.5 Å². The molecule has 0 spiro atoms. The lowest BCUT2D eigenvalue weighted by Crippen LogP contribution is -2.16. The molecule has 0 bridgehead atoms. The zero-order chi connectivity index (χ0) is 17.4. The van der Waals surface area contributed by atoms with E-state index in [2.05, 4.69) is 9.55 Å². The molecule has 0 saturated carbocycles. The van der Waals surface area contributed by atoms with Crippen LogP contribution < -0.4 is 5.56 Å². The molecule has 1 fully saturated rings. The summed E-state index contributed by atoms with van der Waals surface area (Å²) in [6, 6.07) is 7.67. The van der Waals surface area contributed by atoms with Gasteiger partial charge in [0.25, 0.3) is 5.56 Å². The number of aromatic nitrogens is 3. The summed E-state index contributed by atoms with van der Waals surface area (Å²) >= 11 is 0. The van der Waals surface area contributed by atoms with Gasteiger partial charge in [0.05, 0.1) is 30.3 Å². The van der Waals surface area contributed by atoms with Crippen LogP contribution in [0.2, 0.25) is 0 Å². The van der Waals surface area contributed by atoms with Crippen LogP contribution in [-0.4, -0.2) is 32.4 Å². The van der Waals surface area contributed by atoms with Crippen LogP contribution in [0.1, 0.15) is 24.0 Å². The van der Waals surface area contributed by atoms with E-state index in [1.807, 2.05) is 24.3 Å². The first kappa shape index (κ1) is 16.1. The Hall–Kier alpha value is -2.44. The van der Waals surface area contributed by atoms with Crippen molar-refractivity contribution in [3.05, 3.63) is 51.9 Å². The monoisotopic (exact) mass is 339 g/mol. The highest BCUT2D eigenvalue weighted by Crippen LogP contribution is 2.27. The van der Waals surface area contributed by atoms with Crippen LogP contribution in [0, 0.1) is 6.92 Å². The smallest absolute Gasteiger partial charge is 0.250 e. The number of aliphatic hydroxyl groups excluding tert-OH is 1. The van der Waals surface area contributed by atoms with Crippen LogP contribution in [-0.2, 0) is 17.9 Å². The SMILES string of the molecule is Cc1cc(-c2nc3cc(CO)ccc3n2C[C@@H]2CCCO2)c[nH]c1=O. The summed E-state index contributed by atoms with van der Waals surface area (Å²) < 4.78 is 7.96. The minimum Gasteiger partial charge on any atom is -0.392 e. The number of aryl methyl sites for hydroxylation is 1. The summed E-state index contributed by atoms with van der Waals surface area (Å²) in [5.74, 6) is 0.805. The molecule has 2 aromatic heterocycles. The second-order valence-electron chi connectivity index (χ2n) is 6.56. The number of pyridine rings is 1. The number of benzene rings is 1. The van der Waals surface area contributed by atoms with Crippen molar-refractivity contribution in [1.29, 1.82) is 0 Å². The Morgan fingerprint density at radius 1 is 1.40 bits per heavy atom. The van der Waals surface area contributed by atoms with Gasteiger partial charge in [-0.25, -0.2) is 4.98 Å². The number of nitrogens with zero attached hydrogens (tertiary/aromatic N) is 2. The molecule has 4 rings (SSSR count). The molecule has 2 N–H and O–H groups in total. The zero-order valence-electron chi connectivity index (χ0n) is 14.2. The number of aliphatic hydroxyl groups is 1. The molecule has 0 aliphatic carbocycles. The number of rotatable bonds is 4. The standard InChI is InChI=1S/C19H21N3O3/c1-12-7-14(9-20-19(12)24)18-21-16-8-13(11-23)4-5-17(16)22(18)10-15-3-2-6-25-15/h4-5,7-9,15,23H,2-3,6,10-11H2,1H3,(H,20,24)/t15-/m0/s1. The molecule has 1 saturated heterocycles. The largest absolute Gasteiger partial charge is 0.392 e. The predicted octanol–water partition coefficient (Wildman–Crippen LogP) is 2.37. The number of hydrogen-bond acceptors (Lipinski definition) is 4. The zero-order valence-corrected chi connectivity index (χ0v) is 14.2. The van der Waals surface area contributed by atoms with Crippen LogP contribution in [0.3, 0.4) is 0 Å². The first-order chi connectivity index (χ1) is 12.2. The van der Waals surface area contributed by atoms with E-state index in [0.717, 1.165) is 54.0 Å². The van der Waals surface area contributed by atoms with Crippen molar-refractivity contribution in [3.63, 3.8) is 0 Å². The summed E-state index contributed by atoms with van der Waals surface area (Å²) in [4.78, 5) is 19.2. The van der Waals surface area contributed by atoms with Crippen LogP contribution in [0.15, 0.2) is 35.3 Å². The van der Waals surface area contributed by atoms with Crippen molar-refractivity contribution < 1.29 is 9.84 Å². The van der Waals surface area contributed by atoms with Crippen molar-refractivity contribution in [2.75, 3.05) is 6.61 Å². The van der Waals surface area contributed by atoms with E-state index < -0.39 is 0 Å². The molecular weight excluding hydrogens is 318 g/mol. The van der Waals surface area contributed by atoms with Gasteiger partial charge in [-0.1, -0.05) is 6.07 Å². The van der Waals surface area contributed by atoms with E-state index >= 15 is 0 Å². The molecular formula is C19H21N3O3. The first-order valence-electron chi connectivity index (χ1n) is 8.57. The normalized spacial score (nSPS) is 17.4. The molecule has 1 atom stereocenters. The third kappa shape index (κ3) is 2.99. The van der Waals surface area contributed by atoms with Crippen LogP contribution in [0.4, 0.5) is 0 Å². The van der Waals surface area contributed by atoms with Gasteiger partial charge in [0, 0.05) is 23.9 Å². The van der Waals surface area contributed by atoms with E-state index in [-0.39, 0.29) is 18.3 Å². The second-order valence-corrected chi connectivity index (χ2v) is 6.56. The molecule has 3 heterocycles. The summed E-state index contributed by atoms with van der Waals surface area (Å²) in [7, 11) is 0. The van der Waals surface area contributed by atoms with E-state index in [9.17, 15) is 9.90 Å². The predicted molar refractivity (Wildman–Crippen MR) is 95.4 cm³/mol. The Balaban J connectivity index is 1.87. The fraction of sp³-hybridized carbons (Fsp3) is 0.368. The molecule has 0 radical (unpaired) electrons. The highest BCUT2D eigenvalue weighted by atomic mass is 16.5. The average molecular weight is 339 g/mol. The topological polar surface area (TPSA) is 80.1 Å². The fourth-order valence-corrected chi connectivity index (χ4v) is 3.40. The molecule has 1 aliphatic heterocycles. The third-order valence-corrected chi connectivity index (χ3v) is 4.75. The van der Waals surface area contributed by atoms with Gasteiger partial charge in [-0.15, -0.1) is 0 Å². The Morgan fingerprint density at radius 2 is 2.28 bits per heavy atom. The lowest BCUT2D eigenvalue weighted by atomic mass is 10.2. The minimum atomic E-state index is -0.0897. The first-order valence-corrected chi connectivity index (χ1v) is 8.57. The van der Waals surface area contributed by atoms with Gasteiger partial charge in [0.2, 0.25) is 0 Å². The summed E-state index contributed by atoms with van der Waals surface area (Å²) in [6.07, 6.45) is 4.00. The Morgan fingerprint density at radius 3 is 3.00 bits per heavy atom. The molecule has 1 aromatic carbocycles. The Kier molecular flexibility index (Phi) is 4.15. The van der Waals surface area contributed by atoms with Gasteiger partial charge in [0.15, 0.2) is 0 Å². The van der Waals surface area contributed by atoms with Crippen molar-refractivity contribution >= 4 is 11.0 Å². The number of fused-ring (bicyclic) bond motifs is 1. The number of H-pyrrole nitrogens is 1. The van der Waals surface area contributed by atoms with Crippen molar-refractivity contribution in [2.24, 2.45) is 0 Å². The minimum absolute atomic E-state index is 0.0123. The number of aromatic amines is 1. The van der Waals surface area contributed by atoms with Crippen molar-refractivity contribution in [1.82, 2.24) is 14.5 Å². The molecule has 0 amide bonds. The third-order valence-electron chi connectivity index (χ3n) is 4.75. The molecule has 130 valence electrons. The number of nitrogens with one attached hydrogen (secondary N) is 1. The maximum atomic E-state index is 11.7. The number of ether oxygens (including phenoxy) is 1. The lowest BCUT2D eigenvalue weighted by Gasteiger charge is -2.14. The lowest BCUT2D eigenvalue weighted by molar-refractivity contribution is 0.0982. The Labute approximate surface area is 145 Å². The quantitative estimate of drug-likeness (QED) is 0.765. The van der Waals surface area contributed by atoms with Crippen molar-refractivity contribution in [2.45, 2.75) is 39.0 Å². The van der Waals surface area contributed by atoms with Gasteiger partial charge < -0.3 is 19.4 Å².